The fourth-order valence-electron chi connectivity index (χ4n) is 3.87. The van der Waals surface area contributed by atoms with Gasteiger partial charge in [-0.15, -0.1) is 0 Å². The quantitative estimate of drug-likeness (QED) is 0.257. The Balaban J connectivity index is 1.90. The van der Waals surface area contributed by atoms with Gasteiger partial charge in [-0.1, -0.05) is 40.5 Å². The van der Waals surface area contributed by atoms with E-state index in [-0.39, 0.29) is 45.8 Å². The van der Waals surface area contributed by atoms with Gasteiger partial charge < -0.3 is 15.3 Å². The highest BCUT2D eigenvalue weighted by molar-refractivity contribution is 6.35. The molecule has 10 heteroatoms. The Morgan fingerprint density at radius 2 is 1.91 bits per heavy atom. The lowest BCUT2D eigenvalue weighted by Gasteiger charge is -2.16. The van der Waals surface area contributed by atoms with Crippen molar-refractivity contribution in [1.29, 1.82) is 0 Å². The van der Waals surface area contributed by atoms with E-state index < -0.39 is 11.7 Å². The van der Waals surface area contributed by atoms with E-state index in [9.17, 15) is 23.2 Å². The van der Waals surface area contributed by atoms with Gasteiger partial charge in [0.1, 0.15) is 5.71 Å². The molecule has 0 fully saturated rings. The first-order valence-electron chi connectivity index (χ1n) is 10.4. The van der Waals surface area contributed by atoms with Gasteiger partial charge in [-0.2, -0.15) is 13.2 Å². The number of hydrogen-bond donors (Lipinski definition) is 2. The summed E-state index contributed by atoms with van der Waals surface area (Å²) < 4.78 is 46.7. The molecule has 2 unspecified atom stereocenters. The molecule has 0 heterocycles. The maximum atomic E-state index is 13.8. The molecule has 0 aromatic heterocycles. The topological polar surface area (TPSA) is 70.9 Å². The zero-order valence-electron chi connectivity index (χ0n) is 18.4. The highest BCUT2D eigenvalue weighted by Crippen LogP contribution is 2.37. The van der Waals surface area contributed by atoms with Gasteiger partial charge >= 0.3 is 6.18 Å². The average molecular weight is 515 g/mol. The maximum Gasteiger partial charge on any atom is 0.417 e. The van der Waals surface area contributed by atoms with Crippen LogP contribution in [-0.4, -0.2) is 36.2 Å². The molecule has 2 aromatic carbocycles. The van der Waals surface area contributed by atoms with Crippen LogP contribution >= 0.6 is 23.2 Å². The minimum absolute atomic E-state index is 0.0469. The molecule has 34 heavy (non-hydrogen) atoms. The van der Waals surface area contributed by atoms with E-state index in [0.29, 0.717) is 18.4 Å². The number of alkyl halides is 3. The van der Waals surface area contributed by atoms with Crippen molar-refractivity contribution in [3.05, 3.63) is 74.8 Å². The summed E-state index contributed by atoms with van der Waals surface area (Å²) in [5.74, 6) is -0.146. The van der Waals surface area contributed by atoms with Crippen LogP contribution in [0.3, 0.4) is 0 Å². The Morgan fingerprint density at radius 1 is 1.24 bits per heavy atom. The van der Waals surface area contributed by atoms with Crippen LogP contribution in [0.25, 0.3) is 5.57 Å². The standard InChI is InChI=1S/C24H23Cl2F3N2O3/c1-13(34-2)7-23(32)30-21-6-4-14-8-15(3-5-19(14)21)22(31-33)12-20(24(27,28)29)16-9-17(25)11-18(26)10-16/h3,5,8-13,21,33H,4,6-7H2,1-2H3,(H,30,32). The lowest BCUT2D eigenvalue weighted by atomic mass is 9.98. The van der Waals surface area contributed by atoms with Crippen LogP contribution in [0.5, 0.6) is 0 Å². The lowest BCUT2D eigenvalue weighted by Crippen LogP contribution is -2.30. The summed E-state index contributed by atoms with van der Waals surface area (Å²) in [5.41, 5.74) is 0.462. The first-order valence-corrected chi connectivity index (χ1v) is 11.2. The number of hydrogen-bond acceptors (Lipinski definition) is 4. The second-order valence-corrected chi connectivity index (χ2v) is 8.89. The number of allylic oxidation sites excluding steroid dienone is 2. The SMILES string of the molecule is COC(C)CC(=O)NC1CCc2cc(C(C=C(c3cc(Cl)cc(Cl)c3)C(F)(F)F)=NO)ccc21. The molecule has 182 valence electrons. The zero-order valence-corrected chi connectivity index (χ0v) is 19.9. The molecule has 0 radical (unpaired) electrons. The number of carbonyl (C=O) groups excluding carboxylic acids is 1. The van der Waals surface area contributed by atoms with Crippen molar-refractivity contribution < 1.29 is 27.9 Å². The Bertz CT molecular complexity index is 1110. The van der Waals surface area contributed by atoms with Gasteiger partial charge in [0, 0.05) is 22.7 Å². The molecule has 0 spiro atoms. The van der Waals surface area contributed by atoms with Gasteiger partial charge in [-0.3, -0.25) is 4.79 Å². The van der Waals surface area contributed by atoms with Crippen molar-refractivity contribution in [2.45, 2.75) is 44.5 Å². The van der Waals surface area contributed by atoms with E-state index in [1.165, 1.54) is 13.2 Å². The van der Waals surface area contributed by atoms with Gasteiger partial charge in [0.25, 0.3) is 0 Å². The van der Waals surface area contributed by atoms with Gasteiger partial charge in [-0.25, -0.2) is 0 Å². The molecule has 0 saturated heterocycles. The highest BCUT2D eigenvalue weighted by Gasteiger charge is 2.35. The van der Waals surface area contributed by atoms with Crippen molar-refractivity contribution in [3.8, 4) is 0 Å². The minimum atomic E-state index is -4.75. The Labute approximate surface area is 205 Å². The number of rotatable bonds is 7. The zero-order chi connectivity index (χ0) is 25.0. The first-order chi connectivity index (χ1) is 16.0. The van der Waals surface area contributed by atoms with Crippen LogP contribution in [-0.2, 0) is 16.0 Å². The predicted molar refractivity (Wildman–Crippen MR) is 126 cm³/mol. The summed E-state index contributed by atoms with van der Waals surface area (Å²) in [7, 11) is 1.53. The largest absolute Gasteiger partial charge is 0.417 e. The van der Waals surface area contributed by atoms with E-state index in [2.05, 4.69) is 10.5 Å². The van der Waals surface area contributed by atoms with Crippen LogP contribution in [0, 0.1) is 0 Å². The number of halogens is 5. The van der Waals surface area contributed by atoms with Crippen LogP contribution in [0.15, 0.2) is 47.6 Å². The number of oxime groups is 1. The normalized spacial score (nSPS) is 17.4. The fraction of sp³-hybridized carbons (Fsp3) is 0.333. The van der Waals surface area contributed by atoms with Crippen LogP contribution in [0.1, 0.15) is 48.1 Å². The molecule has 3 rings (SSSR count). The van der Waals surface area contributed by atoms with Gasteiger partial charge in [0.2, 0.25) is 5.91 Å². The minimum Gasteiger partial charge on any atom is -0.410 e. The van der Waals surface area contributed by atoms with Gasteiger partial charge in [0.15, 0.2) is 0 Å². The van der Waals surface area contributed by atoms with Crippen molar-refractivity contribution in [2.24, 2.45) is 5.16 Å². The van der Waals surface area contributed by atoms with E-state index in [1.54, 1.807) is 25.1 Å². The molecule has 2 atom stereocenters. The van der Waals surface area contributed by atoms with Crippen molar-refractivity contribution in [3.63, 3.8) is 0 Å². The Kier molecular flexibility index (Phi) is 8.28. The van der Waals surface area contributed by atoms with E-state index in [4.69, 9.17) is 27.9 Å². The van der Waals surface area contributed by atoms with E-state index >= 15 is 0 Å². The maximum absolute atomic E-state index is 13.8. The Morgan fingerprint density at radius 3 is 2.50 bits per heavy atom. The molecule has 1 amide bonds. The summed E-state index contributed by atoms with van der Waals surface area (Å²) in [6, 6.07) is 8.36. The smallest absolute Gasteiger partial charge is 0.410 e. The van der Waals surface area contributed by atoms with Crippen molar-refractivity contribution in [2.75, 3.05) is 7.11 Å². The van der Waals surface area contributed by atoms with Gasteiger partial charge in [-0.05, 0) is 66.8 Å². The number of fused-ring (bicyclic) bond motifs is 1. The first kappa shape index (κ1) is 26.1. The number of aryl methyl sites for hydroxylation is 1. The summed E-state index contributed by atoms with van der Waals surface area (Å²) in [6.45, 7) is 1.80. The Hall–Kier alpha value is -2.55. The molecule has 2 N–H and O–H groups in total. The van der Waals surface area contributed by atoms with Crippen molar-refractivity contribution >= 4 is 40.4 Å². The van der Waals surface area contributed by atoms with Crippen LogP contribution in [0.2, 0.25) is 10.0 Å². The second-order valence-electron chi connectivity index (χ2n) is 8.02. The average Bonchev–Trinajstić information content (AvgIpc) is 3.14. The molecule has 1 aliphatic rings. The molecular formula is C24H23Cl2F3N2O3. The molecule has 0 saturated carbocycles. The number of methoxy groups -OCH3 is 1. The monoisotopic (exact) mass is 514 g/mol. The number of carbonyl (C=O) groups is 1. The third-order valence-corrected chi connectivity index (χ3v) is 6.03. The molecule has 0 bridgehead atoms. The number of nitrogens with one attached hydrogen (secondary N) is 1. The molecular weight excluding hydrogens is 492 g/mol. The fourth-order valence-corrected chi connectivity index (χ4v) is 4.40. The summed E-state index contributed by atoms with van der Waals surface area (Å²) in [4.78, 5) is 12.2. The van der Waals surface area contributed by atoms with Crippen LogP contribution in [0.4, 0.5) is 13.2 Å². The number of amides is 1. The number of benzene rings is 2. The second kappa shape index (κ2) is 10.8. The molecule has 1 aliphatic carbocycles. The van der Waals surface area contributed by atoms with E-state index in [0.717, 1.165) is 29.3 Å². The third kappa shape index (κ3) is 6.31. The number of ether oxygens (including phenoxy) is 1. The molecule has 0 aliphatic heterocycles. The lowest BCUT2D eigenvalue weighted by molar-refractivity contribution is -0.124. The third-order valence-electron chi connectivity index (χ3n) is 5.59. The summed E-state index contributed by atoms with van der Waals surface area (Å²) >= 11 is 11.8. The molecule has 2 aromatic rings. The predicted octanol–water partition coefficient (Wildman–Crippen LogP) is 6.35. The highest BCUT2D eigenvalue weighted by atomic mass is 35.5. The van der Waals surface area contributed by atoms with Crippen LogP contribution < -0.4 is 5.32 Å². The molecule has 5 nitrogen and oxygen atoms in total. The number of nitrogens with zero attached hydrogens (tertiary/aromatic N) is 1. The van der Waals surface area contributed by atoms with Crippen molar-refractivity contribution in [1.82, 2.24) is 5.32 Å². The summed E-state index contributed by atoms with van der Waals surface area (Å²) in [5, 5.41) is 15.7. The summed E-state index contributed by atoms with van der Waals surface area (Å²) in [6.07, 6.45) is -2.72. The van der Waals surface area contributed by atoms with E-state index in [1.807, 2.05) is 0 Å². The van der Waals surface area contributed by atoms with Gasteiger partial charge in [0.05, 0.1) is 24.1 Å².